The van der Waals surface area contributed by atoms with E-state index in [0.29, 0.717) is 12.5 Å². The third-order valence-electron chi connectivity index (χ3n) is 5.87. The standard InChI is InChI=1S/C19H27N3O2/c1-24-13-19(6-7-19)18(23)21-17-12-22(11-16(17)15-4-5-15)10-14-3-2-8-20-9-14/h2-3,8-9,15-17H,4-7,10-13H2,1H3,(H,21,23)/t16-,17+/m0/s1. The van der Waals surface area contributed by atoms with Crippen molar-refractivity contribution < 1.29 is 9.53 Å². The van der Waals surface area contributed by atoms with Crippen molar-refractivity contribution in [2.24, 2.45) is 17.3 Å². The van der Waals surface area contributed by atoms with Gasteiger partial charge in [0.1, 0.15) is 0 Å². The number of ether oxygens (including phenoxy) is 1. The minimum absolute atomic E-state index is 0.211. The molecule has 0 radical (unpaired) electrons. The highest BCUT2D eigenvalue weighted by molar-refractivity contribution is 5.85. The summed E-state index contributed by atoms with van der Waals surface area (Å²) >= 11 is 0. The number of amides is 1. The van der Waals surface area contributed by atoms with Crippen LogP contribution >= 0.6 is 0 Å². The van der Waals surface area contributed by atoms with Crippen LogP contribution in [0.5, 0.6) is 0 Å². The van der Waals surface area contributed by atoms with Crippen LogP contribution in [0.25, 0.3) is 0 Å². The van der Waals surface area contributed by atoms with Crippen LogP contribution in [0.4, 0.5) is 0 Å². The van der Waals surface area contributed by atoms with Crippen molar-refractivity contribution in [2.75, 3.05) is 26.8 Å². The molecule has 24 heavy (non-hydrogen) atoms. The zero-order valence-corrected chi connectivity index (χ0v) is 14.4. The Morgan fingerprint density at radius 1 is 1.42 bits per heavy atom. The smallest absolute Gasteiger partial charge is 0.228 e. The van der Waals surface area contributed by atoms with Crippen molar-refractivity contribution in [3.63, 3.8) is 0 Å². The number of aromatic nitrogens is 1. The topological polar surface area (TPSA) is 54.5 Å². The summed E-state index contributed by atoms with van der Waals surface area (Å²) in [6.45, 7) is 3.51. The van der Waals surface area contributed by atoms with Crippen LogP contribution in [0.1, 0.15) is 31.2 Å². The van der Waals surface area contributed by atoms with Crippen LogP contribution in [-0.2, 0) is 16.1 Å². The van der Waals surface area contributed by atoms with Gasteiger partial charge in [-0.25, -0.2) is 0 Å². The van der Waals surface area contributed by atoms with E-state index in [-0.39, 0.29) is 17.4 Å². The highest BCUT2D eigenvalue weighted by Crippen LogP contribution is 2.47. The van der Waals surface area contributed by atoms with Crippen LogP contribution in [0.3, 0.4) is 0 Å². The van der Waals surface area contributed by atoms with Gasteiger partial charge >= 0.3 is 0 Å². The fourth-order valence-electron chi connectivity index (χ4n) is 4.13. The maximum absolute atomic E-state index is 12.7. The molecule has 1 saturated heterocycles. The molecule has 4 rings (SSSR count). The van der Waals surface area contributed by atoms with Gasteiger partial charge in [-0.05, 0) is 49.1 Å². The van der Waals surface area contributed by atoms with Crippen LogP contribution < -0.4 is 5.32 Å². The molecule has 2 aliphatic carbocycles. The Hall–Kier alpha value is -1.46. The van der Waals surface area contributed by atoms with E-state index in [2.05, 4.69) is 21.3 Å². The summed E-state index contributed by atoms with van der Waals surface area (Å²) in [6, 6.07) is 4.41. The SMILES string of the molecule is COCC1(C(=O)N[C@@H]2CN(Cc3cccnc3)C[C@H]2C2CC2)CC1. The summed E-state index contributed by atoms with van der Waals surface area (Å²) in [7, 11) is 1.69. The maximum atomic E-state index is 12.7. The zero-order valence-electron chi connectivity index (χ0n) is 14.4. The monoisotopic (exact) mass is 329 g/mol. The fraction of sp³-hybridized carbons (Fsp3) is 0.684. The first-order valence-corrected chi connectivity index (χ1v) is 9.11. The maximum Gasteiger partial charge on any atom is 0.228 e. The van der Waals surface area contributed by atoms with E-state index in [9.17, 15) is 4.79 Å². The van der Waals surface area contributed by atoms with Crippen LogP contribution in [0.15, 0.2) is 24.5 Å². The predicted octanol–water partition coefficient (Wildman–Crippen LogP) is 1.83. The van der Waals surface area contributed by atoms with Crippen LogP contribution in [0, 0.1) is 17.3 Å². The van der Waals surface area contributed by atoms with E-state index in [0.717, 1.165) is 38.4 Å². The second-order valence-corrected chi connectivity index (χ2v) is 7.85. The first-order valence-electron chi connectivity index (χ1n) is 9.11. The van der Waals surface area contributed by atoms with Crippen molar-refractivity contribution in [3.8, 4) is 0 Å². The van der Waals surface area contributed by atoms with Gasteiger partial charge in [-0.2, -0.15) is 0 Å². The number of nitrogens with one attached hydrogen (secondary N) is 1. The molecular formula is C19H27N3O2. The number of pyridine rings is 1. The molecule has 0 unspecified atom stereocenters. The summed E-state index contributed by atoms with van der Waals surface area (Å²) in [4.78, 5) is 19.4. The van der Waals surface area contributed by atoms with E-state index in [1.807, 2.05) is 18.5 Å². The lowest BCUT2D eigenvalue weighted by atomic mass is 9.97. The van der Waals surface area contributed by atoms with E-state index in [1.165, 1.54) is 18.4 Å². The molecular weight excluding hydrogens is 302 g/mol. The van der Waals surface area contributed by atoms with Crippen LogP contribution in [0.2, 0.25) is 0 Å². The summed E-state index contributed by atoms with van der Waals surface area (Å²) < 4.78 is 5.26. The van der Waals surface area contributed by atoms with Gasteiger partial charge in [-0.15, -0.1) is 0 Å². The molecule has 3 aliphatic rings. The Kier molecular flexibility index (Phi) is 4.31. The van der Waals surface area contributed by atoms with Crippen molar-refractivity contribution in [2.45, 2.75) is 38.3 Å². The number of carbonyl (C=O) groups excluding carboxylic acids is 1. The number of likely N-dealkylation sites (tertiary alicyclic amines) is 1. The third-order valence-corrected chi connectivity index (χ3v) is 5.87. The summed E-state index contributed by atoms with van der Waals surface area (Å²) in [5, 5.41) is 3.38. The van der Waals surface area contributed by atoms with Gasteiger partial charge in [0.25, 0.3) is 0 Å². The minimum Gasteiger partial charge on any atom is -0.384 e. The molecule has 3 fully saturated rings. The number of rotatable bonds is 7. The molecule has 1 aromatic rings. The first-order chi connectivity index (χ1) is 11.7. The number of nitrogens with zero attached hydrogens (tertiary/aromatic N) is 2. The number of carbonyl (C=O) groups is 1. The number of hydrogen-bond donors (Lipinski definition) is 1. The van der Waals surface area contributed by atoms with Crippen molar-refractivity contribution in [3.05, 3.63) is 30.1 Å². The van der Waals surface area contributed by atoms with Crippen molar-refractivity contribution >= 4 is 5.91 Å². The molecule has 5 nitrogen and oxygen atoms in total. The Balaban J connectivity index is 1.39. The largest absolute Gasteiger partial charge is 0.384 e. The lowest BCUT2D eigenvalue weighted by Crippen LogP contribution is -2.45. The van der Waals surface area contributed by atoms with Crippen molar-refractivity contribution in [1.29, 1.82) is 0 Å². The minimum atomic E-state index is -0.236. The average molecular weight is 329 g/mol. The van der Waals surface area contributed by atoms with Gasteiger partial charge in [0, 0.05) is 45.2 Å². The second-order valence-electron chi connectivity index (χ2n) is 7.85. The molecule has 5 heteroatoms. The number of methoxy groups -OCH3 is 1. The Morgan fingerprint density at radius 3 is 2.88 bits per heavy atom. The van der Waals surface area contributed by atoms with Gasteiger partial charge in [-0.3, -0.25) is 14.7 Å². The molecule has 0 spiro atoms. The second kappa shape index (κ2) is 6.45. The lowest BCUT2D eigenvalue weighted by molar-refractivity contribution is -0.129. The predicted molar refractivity (Wildman–Crippen MR) is 91.2 cm³/mol. The highest BCUT2D eigenvalue weighted by atomic mass is 16.5. The molecule has 2 saturated carbocycles. The van der Waals surface area contributed by atoms with Gasteiger partial charge in [-0.1, -0.05) is 6.07 Å². The molecule has 0 aromatic carbocycles. The Bertz CT molecular complexity index is 584. The lowest BCUT2D eigenvalue weighted by Gasteiger charge is -2.23. The molecule has 1 N–H and O–H groups in total. The number of hydrogen-bond acceptors (Lipinski definition) is 4. The quantitative estimate of drug-likeness (QED) is 0.829. The summed E-state index contributed by atoms with van der Waals surface area (Å²) in [5.74, 6) is 1.61. The van der Waals surface area contributed by atoms with Gasteiger partial charge in [0.15, 0.2) is 0 Å². The van der Waals surface area contributed by atoms with E-state index < -0.39 is 0 Å². The molecule has 130 valence electrons. The summed E-state index contributed by atoms with van der Waals surface area (Å²) in [5.41, 5.74) is 1.01. The molecule has 1 aliphatic heterocycles. The van der Waals surface area contributed by atoms with Crippen molar-refractivity contribution in [1.82, 2.24) is 15.2 Å². The first kappa shape index (κ1) is 16.0. The molecule has 2 heterocycles. The van der Waals surface area contributed by atoms with Gasteiger partial charge in [0.05, 0.1) is 12.0 Å². The zero-order chi connectivity index (χ0) is 16.6. The molecule has 0 bridgehead atoms. The van der Waals surface area contributed by atoms with E-state index >= 15 is 0 Å². The molecule has 1 amide bonds. The molecule has 1 aromatic heterocycles. The van der Waals surface area contributed by atoms with Gasteiger partial charge in [0.2, 0.25) is 5.91 Å². The summed E-state index contributed by atoms with van der Waals surface area (Å²) in [6.07, 6.45) is 8.33. The average Bonchev–Trinajstić information content (AvgIpc) is 3.49. The van der Waals surface area contributed by atoms with Gasteiger partial charge < -0.3 is 10.1 Å². The molecule has 2 atom stereocenters. The Morgan fingerprint density at radius 2 is 2.25 bits per heavy atom. The fourth-order valence-corrected chi connectivity index (χ4v) is 4.13. The highest BCUT2D eigenvalue weighted by Gasteiger charge is 2.52. The van der Waals surface area contributed by atoms with E-state index in [1.54, 1.807) is 7.11 Å². The van der Waals surface area contributed by atoms with E-state index in [4.69, 9.17) is 4.74 Å². The third kappa shape index (κ3) is 3.33. The normalized spacial score (nSPS) is 28.7. The Labute approximate surface area is 143 Å². The van der Waals surface area contributed by atoms with Crippen LogP contribution in [-0.4, -0.2) is 48.6 Å².